The standard InChI is InChI=1S/C16H20ClIN2O3/c1-4-5-8-23-16(22)13(10-19-20(2)3)15(21)12-9-11(18)6-7-14(12)17/h6-7,9-10,13H,4-5,8H2,1-3H3. The maximum Gasteiger partial charge on any atom is 0.322 e. The third kappa shape index (κ3) is 6.47. The summed E-state index contributed by atoms with van der Waals surface area (Å²) in [6.07, 6.45) is 2.95. The van der Waals surface area contributed by atoms with E-state index in [1.165, 1.54) is 11.2 Å². The lowest BCUT2D eigenvalue weighted by atomic mass is 9.98. The molecule has 0 aliphatic heterocycles. The number of carbonyl (C=O) groups is 2. The maximum absolute atomic E-state index is 12.7. The van der Waals surface area contributed by atoms with E-state index in [0.717, 1.165) is 16.4 Å². The molecule has 0 saturated carbocycles. The number of hydrazone groups is 1. The first-order valence-electron chi connectivity index (χ1n) is 7.24. The molecule has 1 rings (SSSR count). The van der Waals surface area contributed by atoms with Gasteiger partial charge in [0.05, 0.1) is 11.6 Å². The van der Waals surface area contributed by atoms with Crippen molar-refractivity contribution in [2.75, 3.05) is 20.7 Å². The van der Waals surface area contributed by atoms with Gasteiger partial charge in [-0.3, -0.25) is 9.59 Å². The van der Waals surface area contributed by atoms with Crippen molar-refractivity contribution in [2.45, 2.75) is 19.8 Å². The Kier molecular flexibility index (Phi) is 8.54. The van der Waals surface area contributed by atoms with E-state index in [1.54, 1.807) is 32.3 Å². The SMILES string of the molecule is CCCCOC(=O)C(C=NN(C)C)C(=O)c1cc(I)ccc1Cl. The van der Waals surface area contributed by atoms with E-state index >= 15 is 0 Å². The Labute approximate surface area is 155 Å². The van der Waals surface area contributed by atoms with Gasteiger partial charge in [-0.15, -0.1) is 0 Å². The number of rotatable bonds is 8. The number of benzene rings is 1. The molecule has 0 aliphatic rings. The predicted octanol–water partition coefficient (Wildman–Crippen LogP) is 3.63. The van der Waals surface area contributed by atoms with Gasteiger partial charge in [0.2, 0.25) is 0 Å². The van der Waals surface area contributed by atoms with Crippen LogP contribution < -0.4 is 0 Å². The molecule has 1 aromatic carbocycles. The zero-order valence-electron chi connectivity index (χ0n) is 13.4. The predicted molar refractivity (Wildman–Crippen MR) is 100 cm³/mol. The van der Waals surface area contributed by atoms with Crippen LogP contribution >= 0.6 is 34.2 Å². The Balaban J connectivity index is 3.05. The molecule has 5 nitrogen and oxygen atoms in total. The summed E-state index contributed by atoms with van der Waals surface area (Å²) in [5.41, 5.74) is 0.293. The highest BCUT2D eigenvalue weighted by atomic mass is 127. The van der Waals surface area contributed by atoms with Crippen LogP contribution in [-0.4, -0.2) is 43.7 Å². The van der Waals surface area contributed by atoms with Crippen molar-refractivity contribution in [3.63, 3.8) is 0 Å². The topological polar surface area (TPSA) is 59.0 Å². The lowest BCUT2D eigenvalue weighted by molar-refractivity contribution is -0.144. The molecule has 7 heteroatoms. The molecule has 0 fully saturated rings. The lowest BCUT2D eigenvalue weighted by Gasteiger charge is -2.13. The fraction of sp³-hybridized carbons (Fsp3) is 0.438. The number of Topliss-reactive ketones (excluding diaryl/α,β-unsaturated/α-hetero) is 1. The molecule has 0 radical (unpaired) electrons. The van der Waals surface area contributed by atoms with Crippen LogP contribution in [0.5, 0.6) is 0 Å². The smallest absolute Gasteiger partial charge is 0.322 e. The number of ether oxygens (including phenoxy) is 1. The minimum absolute atomic E-state index is 0.287. The van der Waals surface area contributed by atoms with Gasteiger partial charge in [-0.1, -0.05) is 24.9 Å². The molecule has 0 saturated heterocycles. The van der Waals surface area contributed by atoms with Crippen molar-refractivity contribution >= 4 is 52.2 Å². The minimum atomic E-state index is -1.11. The summed E-state index contributed by atoms with van der Waals surface area (Å²) < 4.78 is 6.03. The van der Waals surface area contributed by atoms with Crippen molar-refractivity contribution in [2.24, 2.45) is 11.0 Å². The molecule has 0 aromatic heterocycles. The van der Waals surface area contributed by atoms with Crippen LogP contribution in [0.2, 0.25) is 5.02 Å². The van der Waals surface area contributed by atoms with E-state index in [2.05, 4.69) is 27.7 Å². The van der Waals surface area contributed by atoms with Gasteiger partial charge >= 0.3 is 5.97 Å². The van der Waals surface area contributed by atoms with Crippen LogP contribution in [0.3, 0.4) is 0 Å². The Morgan fingerprint density at radius 1 is 1.43 bits per heavy atom. The van der Waals surface area contributed by atoms with Gasteiger partial charge in [0.1, 0.15) is 0 Å². The van der Waals surface area contributed by atoms with Gasteiger partial charge in [0, 0.05) is 29.4 Å². The molecule has 126 valence electrons. The van der Waals surface area contributed by atoms with Gasteiger partial charge < -0.3 is 9.75 Å². The molecule has 0 bridgehead atoms. The number of hydrogen-bond donors (Lipinski definition) is 0. The number of nitrogens with zero attached hydrogens (tertiary/aromatic N) is 2. The summed E-state index contributed by atoms with van der Waals surface area (Å²) in [4.78, 5) is 25.0. The molecular formula is C16H20ClIN2O3. The molecule has 0 spiro atoms. The highest BCUT2D eigenvalue weighted by molar-refractivity contribution is 14.1. The van der Waals surface area contributed by atoms with Crippen LogP contribution in [0.25, 0.3) is 0 Å². The highest BCUT2D eigenvalue weighted by Crippen LogP contribution is 2.22. The molecule has 0 N–H and O–H groups in total. The summed E-state index contributed by atoms with van der Waals surface area (Å²) in [5.74, 6) is -2.13. The summed E-state index contributed by atoms with van der Waals surface area (Å²) in [7, 11) is 3.41. The van der Waals surface area contributed by atoms with E-state index in [9.17, 15) is 9.59 Å². The van der Waals surface area contributed by atoms with Crippen molar-refractivity contribution in [3.8, 4) is 0 Å². The summed E-state index contributed by atoms with van der Waals surface area (Å²) in [6.45, 7) is 2.28. The first kappa shape index (κ1) is 19.9. The average molecular weight is 451 g/mol. The van der Waals surface area contributed by atoms with Crippen LogP contribution in [0.15, 0.2) is 23.3 Å². The average Bonchev–Trinajstić information content (AvgIpc) is 2.49. The van der Waals surface area contributed by atoms with Crippen LogP contribution in [0.4, 0.5) is 0 Å². The first-order valence-corrected chi connectivity index (χ1v) is 8.69. The highest BCUT2D eigenvalue weighted by Gasteiger charge is 2.29. The monoisotopic (exact) mass is 450 g/mol. The largest absolute Gasteiger partial charge is 0.465 e. The number of halogens is 2. The van der Waals surface area contributed by atoms with Gasteiger partial charge in [-0.2, -0.15) is 5.10 Å². The quantitative estimate of drug-likeness (QED) is 0.115. The van der Waals surface area contributed by atoms with Crippen LogP contribution in [0, 0.1) is 9.49 Å². The molecule has 1 atom stereocenters. The van der Waals surface area contributed by atoms with Gasteiger partial charge in [-0.25, -0.2) is 0 Å². The van der Waals surface area contributed by atoms with Gasteiger partial charge in [-0.05, 0) is 47.2 Å². The Hall–Kier alpha value is -1.15. The summed E-state index contributed by atoms with van der Waals surface area (Å²) in [6, 6.07) is 5.09. The molecule has 0 heterocycles. The lowest BCUT2D eigenvalue weighted by Crippen LogP contribution is -2.29. The van der Waals surface area contributed by atoms with E-state index in [1.807, 2.05) is 6.92 Å². The maximum atomic E-state index is 12.7. The second-order valence-corrected chi connectivity index (χ2v) is 6.75. The molecule has 1 unspecified atom stereocenters. The molecule has 23 heavy (non-hydrogen) atoms. The summed E-state index contributed by atoms with van der Waals surface area (Å²) >= 11 is 8.19. The minimum Gasteiger partial charge on any atom is -0.465 e. The number of carbonyl (C=O) groups excluding carboxylic acids is 2. The number of hydrogen-bond acceptors (Lipinski definition) is 5. The van der Waals surface area contributed by atoms with Crippen molar-refractivity contribution < 1.29 is 14.3 Å². The number of esters is 1. The molecule has 0 aliphatic carbocycles. The van der Waals surface area contributed by atoms with Gasteiger partial charge in [0.25, 0.3) is 0 Å². The number of ketones is 1. The number of unbranched alkanes of at least 4 members (excludes halogenated alkanes) is 1. The second-order valence-electron chi connectivity index (χ2n) is 5.10. The fourth-order valence-corrected chi connectivity index (χ4v) is 2.40. The molecule has 0 amide bonds. The van der Waals surface area contributed by atoms with Crippen molar-refractivity contribution in [1.29, 1.82) is 0 Å². The Bertz CT molecular complexity index is 591. The Morgan fingerprint density at radius 2 is 2.13 bits per heavy atom. The zero-order valence-corrected chi connectivity index (χ0v) is 16.3. The van der Waals surface area contributed by atoms with Crippen LogP contribution in [0.1, 0.15) is 30.1 Å². The van der Waals surface area contributed by atoms with E-state index in [-0.39, 0.29) is 6.61 Å². The summed E-state index contributed by atoms with van der Waals surface area (Å²) in [5, 5.41) is 5.83. The zero-order chi connectivity index (χ0) is 17.4. The first-order chi connectivity index (χ1) is 10.9. The molecule has 1 aromatic rings. The van der Waals surface area contributed by atoms with Gasteiger partial charge in [0.15, 0.2) is 11.7 Å². The third-order valence-electron chi connectivity index (χ3n) is 2.92. The van der Waals surface area contributed by atoms with Crippen molar-refractivity contribution in [3.05, 3.63) is 32.4 Å². The van der Waals surface area contributed by atoms with E-state index < -0.39 is 17.7 Å². The van der Waals surface area contributed by atoms with E-state index in [4.69, 9.17) is 16.3 Å². The van der Waals surface area contributed by atoms with Crippen molar-refractivity contribution in [1.82, 2.24) is 5.01 Å². The third-order valence-corrected chi connectivity index (χ3v) is 3.92. The molecular weight excluding hydrogens is 431 g/mol. The Morgan fingerprint density at radius 3 is 2.74 bits per heavy atom. The normalized spacial score (nSPS) is 12.2. The fourth-order valence-electron chi connectivity index (χ4n) is 1.70. The van der Waals surface area contributed by atoms with Crippen LogP contribution in [-0.2, 0) is 9.53 Å². The van der Waals surface area contributed by atoms with E-state index in [0.29, 0.717) is 10.6 Å². The second kappa shape index (κ2) is 9.87.